The van der Waals surface area contributed by atoms with E-state index >= 15 is 0 Å². The highest BCUT2D eigenvalue weighted by atomic mass is 32.2. The van der Waals surface area contributed by atoms with Gasteiger partial charge in [-0.05, 0) is 24.3 Å². The molecule has 8 heteroatoms. The van der Waals surface area contributed by atoms with E-state index in [1.807, 2.05) is 0 Å². The van der Waals surface area contributed by atoms with Gasteiger partial charge in [0.15, 0.2) is 6.61 Å². The van der Waals surface area contributed by atoms with Gasteiger partial charge in [0.05, 0.1) is 18.1 Å². The molecule has 1 aromatic rings. The van der Waals surface area contributed by atoms with Crippen molar-refractivity contribution >= 4 is 15.9 Å². The van der Waals surface area contributed by atoms with E-state index in [4.69, 9.17) is 9.47 Å². The second kappa shape index (κ2) is 8.46. The van der Waals surface area contributed by atoms with Crippen molar-refractivity contribution in [3.8, 4) is 5.75 Å². The molecule has 1 amide bonds. The quantitative estimate of drug-likeness (QED) is 0.727. The first-order valence-corrected chi connectivity index (χ1v) is 9.51. The molecule has 1 heterocycles. The van der Waals surface area contributed by atoms with Gasteiger partial charge in [0.1, 0.15) is 5.75 Å². The summed E-state index contributed by atoms with van der Waals surface area (Å²) in [6.45, 7) is 6.61. The number of benzene rings is 1. The predicted molar refractivity (Wildman–Crippen MR) is 89.4 cm³/mol. The Morgan fingerprint density at radius 2 is 1.75 bits per heavy atom. The van der Waals surface area contributed by atoms with Gasteiger partial charge < -0.3 is 14.4 Å². The van der Waals surface area contributed by atoms with Crippen molar-refractivity contribution in [2.45, 2.75) is 18.7 Å². The van der Waals surface area contributed by atoms with Crippen LogP contribution >= 0.6 is 0 Å². The number of rotatable bonds is 7. The number of carbonyl (C=O) groups is 1. The molecule has 0 spiro atoms. The minimum atomic E-state index is -3.48. The summed E-state index contributed by atoms with van der Waals surface area (Å²) >= 11 is 0. The summed E-state index contributed by atoms with van der Waals surface area (Å²) in [5.74, 6) is 0.369. The van der Waals surface area contributed by atoms with Crippen molar-refractivity contribution in [2.75, 3.05) is 46.0 Å². The van der Waals surface area contributed by atoms with E-state index in [0.717, 1.165) is 0 Å². The third-order valence-electron chi connectivity index (χ3n) is 3.89. The zero-order valence-electron chi connectivity index (χ0n) is 14.1. The van der Waals surface area contributed by atoms with Crippen LogP contribution in [-0.2, 0) is 19.6 Å². The zero-order valence-corrected chi connectivity index (χ0v) is 14.9. The van der Waals surface area contributed by atoms with Crippen molar-refractivity contribution < 1.29 is 22.7 Å². The normalized spacial score (nSPS) is 15.5. The molecule has 7 nitrogen and oxygen atoms in total. The molecular formula is C16H24N2O5S. The van der Waals surface area contributed by atoms with Crippen LogP contribution in [0.15, 0.2) is 29.2 Å². The van der Waals surface area contributed by atoms with Gasteiger partial charge in [0.25, 0.3) is 5.91 Å². The predicted octanol–water partition coefficient (Wildman–Crippen LogP) is 0.955. The van der Waals surface area contributed by atoms with E-state index in [0.29, 0.717) is 45.1 Å². The molecule has 24 heavy (non-hydrogen) atoms. The van der Waals surface area contributed by atoms with Crippen molar-refractivity contribution in [3.05, 3.63) is 24.3 Å². The molecule has 1 aliphatic rings. The number of hydrogen-bond donors (Lipinski definition) is 0. The van der Waals surface area contributed by atoms with Crippen molar-refractivity contribution in [1.29, 1.82) is 0 Å². The van der Waals surface area contributed by atoms with Gasteiger partial charge in [-0.1, -0.05) is 13.8 Å². The van der Waals surface area contributed by atoms with Gasteiger partial charge in [-0.2, -0.15) is 4.31 Å². The van der Waals surface area contributed by atoms with Crippen LogP contribution in [0.2, 0.25) is 0 Å². The Morgan fingerprint density at radius 3 is 2.29 bits per heavy atom. The van der Waals surface area contributed by atoms with E-state index < -0.39 is 10.0 Å². The Morgan fingerprint density at radius 1 is 1.17 bits per heavy atom. The molecule has 0 unspecified atom stereocenters. The average Bonchev–Trinajstić information content (AvgIpc) is 2.61. The third kappa shape index (κ3) is 4.46. The largest absolute Gasteiger partial charge is 0.484 e. The highest BCUT2D eigenvalue weighted by Gasteiger charge is 2.21. The third-order valence-corrected chi connectivity index (χ3v) is 5.96. The SMILES string of the molecule is CCN(CC)S(=O)(=O)c1ccc(OCC(=O)N2CCOCC2)cc1. The second-order valence-electron chi connectivity index (χ2n) is 5.34. The number of carbonyl (C=O) groups excluding carboxylic acids is 1. The number of sulfonamides is 1. The average molecular weight is 356 g/mol. The second-order valence-corrected chi connectivity index (χ2v) is 7.28. The van der Waals surface area contributed by atoms with Crippen LogP contribution < -0.4 is 4.74 Å². The number of amides is 1. The van der Waals surface area contributed by atoms with E-state index in [9.17, 15) is 13.2 Å². The summed E-state index contributed by atoms with van der Waals surface area (Å²) in [6.07, 6.45) is 0. The smallest absolute Gasteiger partial charge is 0.260 e. The Hall–Kier alpha value is -1.64. The fourth-order valence-electron chi connectivity index (χ4n) is 2.47. The molecule has 2 rings (SSSR count). The van der Waals surface area contributed by atoms with Crippen LogP contribution in [0.25, 0.3) is 0 Å². The summed E-state index contributed by atoms with van der Waals surface area (Å²) in [5.41, 5.74) is 0. The van der Waals surface area contributed by atoms with Gasteiger partial charge in [-0.25, -0.2) is 8.42 Å². The highest BCUT2D eigenvalue weighted by Crippen LogP contribution is 2.19. The molecule has 0 atom stereocenters. The van der Waals surface area contributed by atoms with Gasteiger partial charge in [-0.15, -0.1) is 0 Å². The summed E-state index contributed by atoms with van der Waals surface area (Å²) in [7, 11) is -3.48. The minimum Gasteiger partial charge on any atom is -0.484 e. The van der Waals surface area contributed by atoms with Crippen molar-refractivity contribution in [1.82, 2.24) is 9.21 Å². The number of nitrogens with zero attached hydrogens (tertiary/aromatic N) is 2. The Balaban J connectivity index is 1.95. The lowest BCUT2D eigenvalue weighted by Crippen LogP contribution is -2.42. The molecule has 1 aliphatic heterocycles. The molecule has 1 saturated heterocycles. The molecule has 0 bridgehead atoms. The van der Waals surface area contributed by atoms with Crippen LogP contribution in [0.4, 0.5) is 0 Å². The summed E-state index contributed by atoms with van der Waals surface area (Å²) in [5, 5.41) is 0. The molecule has 0 N–H and O–H groups in total. The number of ether oxygens (including phenoxy) is 2. The lowest BCUT2D eigenvalue weighted by Gasteiger charge is -2.26. The number of morpholine rings is 1. The molecule has 1 fully saturated rings. The standard InChI is InChI=1S/C16H24N2O5S/c1-3-18(4-2)24(20,21)15-7-5-14(6-8-15)23-13-16(19)17-9-11-22-12-10-17/h5-8H,3-4,9-13H2,1-2H3. The Kier molecular flexibility index (Phi) is 6.59. The molecule has 0 aliphatic carbocycles. The Labute approximate surface area is 143 Å². The molecule has 0 saturated carbocycles. The minimum absolute atomic E-state index is 0.0673. The lowest BCUT2D eigenvalue weighted by atomic mass is 10.3. The van der Waals surface area contributed by atoms with Crippen molar-refractivity contribution in [3.63, 3.8) is 0 Å². The lowest BCUT2D eigenvalue weighted by molar-refractivity contribution is -0.137. The van der Waals surface area contributed by atoms with Crippen molar-refractivity contribution in [2.24, 2.45) is 0 Å². The molecule has 0 aromatic heterocycles. The monoisotopic (exact) mass is 356 g/mol. The summed E-state index contributed by atoms with van der Waals surface area (Å²) in [6, 6.07) is 6.15. The molecule has 134 valence electrons. The zero-order chi connectivity index (χ0) is 17.6. The first-order valence-electron chi connectivity index (χ1n) is 8.07. The van der Waals surface area contributed by atoms with E-state index in [2.05, 4.69) is 0 Å². The van der Waals surface area contributed by atoms with E-state index in [-0.39, 0.29) is 17.4 Å². The fraction of sp³-hybridized carbons (Fsp3) is 0.562. The van der Waals surface area contributed by atoms with Crippen LogP contribution in [0.5, 0.6) is 5.75 Å². The van der Waals surface area contributed by atoms with Gasteiger partial charge >= 0.3 is 0 Å². The van der Waals surface area contributed by atoms with Crippen LogP contribution in [0, 0.1) is 0 Å². The molecular weight excluding hydrogens is 332 g/mol. The fourth-order valence-corrected chi connectivity index (χ4v) is 3.93. The van der Waals surface area contributed by atoms with Crippen LogP contribution in [0.1, 0.15) is 13.8 Å². The van der Waals surface area contributed by atoms with Gasteiger partial charge in [0, 0.05) is 26.2 Å². The maximum absolute atomic E-state index is 12.4. The highest BCUT2D eigenvalue weighted by molar-refractivity contribution is 7.89. The molecule has 0 radical (unpaired) electrons. The maximum atomic E-state index is 12.4. The first kappa shape index (κ1) is 18.7. The summed E-state index contributed by atoms with van der Waals surface area (Å²) < 4.78 is 36.8. The van der Waals surface area contributed by atoms with E-state index in [1.165, 1.54) is 16.4 Å². The van der Waals surface area contributed by atoms with Gasteiger partial charge in [-0.3, -0.25) is 4.79 Å². The maximum Gasteiger partial charge on any atom is 0.260 e. The Bertz CT molecular complexity index is 635. The topological polar surface area (TPSA) is 76.2 Å². The van der Waals surface area contributed by atoms with Crippen LogP contribution in [-0.4, -0.2) is 69.5 Å². The molecule has 1 aromatic carbocycles. The summed E-state index contributed by atoms with van der Waals surface area (Å²) in [4.78, 5) is 13.9. The van der Waals surface area contributed by atoms with Crippen LogP contribution in [0.3, 0.4) is 0 Å². The van der Waals surface area contributed by atoms with E-state index in [1.54, 1.807) is 30.9 Å². The first-order chi connectivity index (χ1) is 11.5. The van der Waals surface area contributed by atoms with Gasteiger partial charge in [0.2, 0.25) is 10.0 Å². The number of hydrogen-bond acceptors (Lipinski definition) is 5.